The minimum atomic E-state index is 1.00. The van der Waals surface area contributed by atoms with E-state index in [2.05, 4.69) is 83.0 Å². The molecule has 1 fully saturated rings. The van der Waals surface area contributed by atoms with Crippen LogP contribution in [-0.4, -0.2) is 36.1 Å². The molecule has 0 saturated carbocycles. The van der Waals surface area contributed by atoms with Crippen LogP contribution in [0.3, 0.4) is 0 Å². The van der Waals surface area contributed by atoms with E-state index in [1.54, 1.807) is 0 Å². The zero-order valence-electron chi connectivity index (χ0n) is 11.7. The van der Waals surface area contributed by atoms with Crippen molar-refractivity contribution in [3.63, 3.8) is 0 Å². The fraction of sp³-hybridized carbons (Fsp3) is 0.312. The van der Waals surface area contributed by atoms with Crippen LogP contribution in [0.2, 0.25) is 0 Å². The van der Waals surface area contributed by atoms with Crippen LogP contribution in [0, 0.1) is 0 Å². The molecule has 0 amide bonds. The Morgan fingerprint density at radius 2 is 1.71 bits per heavy atom. The number of hydrogen-bond donors (Lipinski definition) is 0. The third-order valence-electron chi connectivity index (χ3n) is 3.71. The summed E-state index contributed by atoms with van der Waals surface area (Å²) in [6.45, 7) is 5.20. The molecule has 2 heterocycles. The van der Waals surface area contributed by atoms with Crippen molar-refractivity contribution in [2.75, 3.05) is 31.1 Å². The van der Waals surface area contributed by atoms with Crippen molar-refractivity contribution in [2.24, 2.45) is 0 Å². The predicted molar refractivity (Wildman–Crippen MR) is 93.6 cm³/mol. The summed E-state index contributed by atoms with van der Waals surface area (Å²) in [6.07, 6.45) is 1.86. The highest BCUT2D eigenvalue weighted by Crippen LogP contribution is 2.27. The Kier molecular flexibility index (Phi) is 4.93. The van der Waals surface area contributed by atoms with Crippen molar-refractivity contribution in [3.8, 4) is 0 Å². The Balaban J connectivity index is 1.60. The van der Waals surface area contributed by atoms with E-state index >= 15 is 0 Å². The molecule has 1 aliphatic rings. The number of benzene rings is 1. The number of pyridine rings is 1. The Bertz CT molecular complexity index is 596. The fourth-order valence-corrected chi connectivity index (χ4v) is 3.84. The molecule has 3 nitrogen and oxygen atoms in total. The zero-order chi connectivity index (χ0) is 14.7. The molecule has 0 N–H and O–H groups in total. The predicted octanol–water partition coefficient (Wildman–Crippen LogP) is 3.93. The molecule has 0 unspecified atom stereocenters. The number of hydrogen-bond acceptors (Lipinski definition) is 3. The fourth-order valence-electron chi connectivity index (χ4n) is 2.60. The smallest absolute Gasteiger partial charge is 0.143 e. The highest BCUT2D eigenvalue weighted by molar-refractivity contribution is 9.11. The van der Waals surface area contributed by atoms with Gasteiger partial charge in [-0.25, -0.2) is 4.98 Å². The normalized spacial score (nSPS) is 16.2. The molecule has 21 heavy (non-hydrogen) atoms. The summed E-state index contributed by atoms with van der Waals surface area (Å²) in [6, 6.07) is 12.7. The Morgan fingerprint density at radius 3 is 2.38 bits per heavy atom. The molecule has 1 aliphatic heterocycles. The molecule has 0 radical (unpaired) electrons. The molecule has 1 aromatic heterocycles. The first-order valence-corrected chi connectivity index (χ1v) is 8.63. The maximum Gasteiger partial charge on any atom is 0.143 e. The van der Waals surface area contributed by atoms with Gasteiger partial charge in [-0.2, -0.15) is 0 Å². The second-order valence-corrected chi connectivity index (χ2v) is 6.98. The van der Waals surface area contributed by atoms with Crippen LogP contribution >= 0.6 is 31.9 Å². The first-order valence-electron chi connectivity index (χ1n) is 7.04. The van der Waals surface area contributed by atoms with Crippen molar-refractivity contribution in [1.82, 2.24) is 9.88 Å². The molecule has 0 bridgehead atoms. The van der Waals surface area contributed by atoms with Crippen molar-refractivity contribution < 1.29 is 0 Å². The van der Waals surface area contributed by atoms with E-state index in [1.165, 1.54) is 5.56 Å². The summed E-state index contributed by atoms with van der Waals surface area (Å²) in [4.78, 5) is 9.37. The highest BCUT2D eigenvalue weighted by Gasteiger charge is 2.19. The van der Waals surface area contributed by atoms with Crippen molar-refractivity contribution in [3.05, 3.63) is 57.1 Å². The molecule has 0 aliphatic carbocycles. The van der Waals surface area contributed by atoms with Crippen LogP contribution in [0.15, 0.2) is 51.5 Å². The van der Waals surface area contributed by atoms with Gasteiger partial charge < -0.3 is 4.90 Å². The summed E-state index contributed by atoms with van der Waals surface area (Å²) in [7, 11) is 0. The number of nitrogens with zero attached hydrogens (tertiary/aromatic N) is 3. The Hall–Kier alpha value is -0.910. The van der Waals surface area contributed by atoms with Gasteiger partial charge in [-0.1, -0.05) is 30.3 Å². The van der Waals surface area contributed by atoms with Crippen molar-refractivity contribution in [1.29, 1.82) is 0 Å². The van der Waals surface area contributed by atoms with E-state index in [9.17, 15) is 0 Å². The highest BCUT2D eigenvalue weighted by atomic mass is 79.9. The molecule has 0 spiro atoms. The standard InChI is InChI=1S/C16H17Br2N3/c17-14-10-15(18)16(19-11-14)21-8-6-20(7-9-21)12-13-4-2-1-3-5-13/h1-5,10-11H,6-9,12H2. The van der Waals surface area contributed by atoms with Gasteiger partial charge in [0.15, 0.2) is 0 Å². The van der Waals surface area contributed by atoms with E-state index in [0.29, 0.717) is 0 Å². The number of anilines is 1. The number of aromatic nitrogens is 1. The third kappa shape index (κ3) is 3.84. The lowest BCUT2D eigenvalue weighted by Gasteiger charge is -2.35. The lowest BCUT2D eigenvalue weighted by molar-refractivity contribution is 0.249. The molecule has 110 valence electrons. The number of piperazine rings is 1. The van der Waals surface area contributed by atoms with Crippen LogP contribution < -0.4 is 4.90 Å². The molecule has 1 saturated heterocycles. The molecule has 2 aromatic rings. The van der Waals surface area contributed by atoms with Crippen LogP contribution in [-0.2, 0) is 6.54 Å². The van der Waals surface area contributed by atoms with Crippen LogP contribution in [0.4, 0.5) is 5.82 Å². The van der Waals surface area contributed by atoms with Gasteiger partial charge in [-0.15, -0.1) is 0 Å². The van der Waals surface area contributed by atoms with Crippen LogP contribution in [0.25, 0.3) is 0 Å². The van der Waals surface area contributed by atoms with Gasteiger partial charge in [0.1, 0.15) is 5.82 Å². The van der Waals surface area contributed by atoms with E-state index in [1.807, 2.05) is 6.20 Å². The monoisotopic (exact) mass is 409 g/mol. The SMILES string of the molecule is Brc1cnc(N2CCN(Cc3ccccc3)CC2)c(Br)c1. The van der Waals surface area contributed by atoms with Gasteiger partial charge in [0.25, 0.3) is 0 Å². The molecule has 1 aromatic carbocycles. The largest absolute Gasteiger partial charge is 0.353 e. The summed E-state index contributed by atoms with van der Waals surface area (Å²) >= 11 is 7.05. The van der Waals surface area contributed by atoms with Gasteiger partial charge in [0.2, 0.25) is 0 Å². The molecule has 3 rings (SSSR count). The first-order chi connectivity index (χ1) is 10.2. The first kappa shape index (κ1) is 15.0. The van der Waals surface area contributed by atoms with Gasteiger partial charge in [-0.05, 0) is 43.5 Å². The molecule has 0 atom stereocenters. The summed E-state index contributed by atoms with van der Waals surface area (Å²) in [5.74, 6) is 1.04. The van der Waals surface area contributed by atoms with Gasteiger partial charge in [0, 0.05) is 43.4 Å². The van der Waals surface area contributed by atoms with Gasteiger partial charge >= 0.3 is 0 Å². The van der Waals surface area contributed by atoms with E-state index in [-0.39, 0.29) is 0 Å². The lowest BCUT2D eigenvalue weighted by atomic mass is 10.2. The van der Waals surface area contributed by atoms with Gasteiger partial charge in [0.05, 0.1) is 4.47 Å². The summed E-state index contributed by atoms with van der Waals surface area (Å²) in [5, 5.41) is 0. The van der Waals surface area contributed by atoms with E-state index in [0.717, 1.165) is 47.5 Å². The Labute approximate surface area is 142 Å². The maximum absolute atomic E-state index is 4.52. The summed E-state index contributed by atoms with van der Waals surface area (Å²) in [5.41, 5.74) is 1.38. The second-order valence-electron chi connectivity index (χ2n) is 5.21. The third-order valence-corrected chi connectivity index (χ3v) is 4.73. The van der Waals surface area contributed by atoms with Crippen molar-refractivity contribution in [2.45, 2.75) is 6.54 Å². The van der Waals surface area contributed by atoms with Gasteiger partial charge in [-0.3, -0.25) is 4.90 Å². The zero-order valence-corrected chi connectivity index (χ0v) is 14.8. The second kappa shape index (κ2) is 6.90. The molecular formula is C16H17Br2N3. The Morgan fingerprint density at radius 1 is 1.00 bits per heavy atom. The van der Waals surface area contributed by atoms with Crippen molar-refractivity contribution >= 4 is 37.7 Å². The number of halogens is 2. The van der Waals surface area contributed by atoms with Crippen LogP contribution in [0.5, 0.6) is 0 Å². The summed E-state index contributed by atoms with van der Waals surface area (Å²) < 4.78 is 2.05. The number of rotatable bonds is 3. The molecule has 5 heteroatoms. The van der Waals surface area contributed by atoms with E-state index < -0.39 is 0 Å². The minimum absolute atomic E-state index is 1.00. The average molecular weight is 411 g/mol. The molecular weight excluding hydrogens is 394 g/mol. The van der Waals surface area contributed by atoms with E-state index in [4.69, 9.17) is 0 Å². The lowest BCUT2D eigenvalue weighted by Crippen LogP contribution is -2.46. The average Bonchev–Trinajstić information content (AvgIpc) is 2.49. The quantitative estimate of drug-likeness (QED) is 0.764. The minimum Gasteiger partial charge on any atom is -0.353 e. The maximum atomic E-state index is 4.52. The topological polar surface area (TPSA) is 19.4 Å². The van der Waals surface area contributed by atoms with Crippen LogP contribution in [0.1, 0.15) is 5.56 Å².